The Morgan fingerprint density at radius 1 is 1.19 bits per heavy atom. The molecule has 2 aromatic rings. The van der Waals surface area contributed by atoms with Gasteiger partial charge < -0.3 is 9.72 Å². The van der Waals surface area contributed by atoms with Crippen LogP contribution in [0.1, 0.15) is 51.9 Å². The van der Waals surface area contributed by atoms with E-state index in [-0.39, 0.29) is 16.9 Å². The maximum atomic E-state index is 11.7. The SMILES string of the molecule is CC(C)c1nc(Oc2cccc(C(C)(C)C)c2)cc(=O)[nH]1. The van der Waals surface area contributed by atoms with Crippen LogP contribution in [0.4, 0.5) is 0 Å². The highest BCUT2D eigenvalue weighted by Crippen LogP contribution is 2.27. The lowest BCUT2D eigenvalue weighted by Gasteiger charge is -2.19. The molecule has 1 N–H and O–H groups in total. The molecular weight excluding hydrogens is 264 g/mol. The third-order valence-electron chi connectivity index (χ3n) is 3.21. The average molecular weight is 286 g/mol. The Morgan fingerprint density at radius 3 is 2.52 bits per heavy atom. The fourth-order valence-electron chi connectivity index (χ4n) is 1.93. The van der Waals surface area contributed by atoms with Gasteiger partial charge in [-0.3, -0.25) is 4.79 Å². The van der Waals surface area contributed by atoms with E-state index in [1.807, 2.05) is 32.0 Å². The minimum absolute atomic E-state index is 0.0457. The summed E-state index contributed by atoms with van der Waals surface area (Å²) in [7, 11) is 0. The first-order valence-corrected chi connectivity index (χ1v) is 7.15. The van der Waals surface area contributed by atoms with E-state index in [1.165, 1.54) is 11.6 Å². The lowest BCUT2D eigenvalue weighted by molar-refractivity contribution is 0.453. The Kier molecular flexibility index (Phi) is 4.16. The van der Waals surface area contributed by atoms with Gasteiger partial charge in [-0.1, -0.05) is 46.8 Å². The molecule has 0 amide bonds. The summed E-state index contributed by atoms with van der Waals surface area (Å²) < 4.78 is 5.75. The Hall–Kier alpha value is -2.10. The van der Waals surface area contributed by atoms with Gasteiger partial charge in [-0.15, -0.1) is 0 Å². The van der Waals surface area contributed by atoms with Crippen LogP contribution in [0.25, 0.3) is 0 Å². The van der Waals surface area contributed by atoms with Gasteiger partial charge in [0.15, 0.2) is 0 Å². The topological polar surface area (TPSA) is 55.0 Å². The molecule has 0 aliphatic carbocycles. The third kappa shape index (κ3) is 3.94. The van der Waals surface area contributed by atoms with Crippen molar-refractivity contribution in [2.75, 3.05) is 0 Å². The summed E-state index contributed by atoms with van der Waals surface area (Å²) in [5, 5.41) is 0. The number of ether oxygens (including phenoxy) is 1. The van der Waals surface area contributed by atoms with Gasteiger partial charge in [0, 0.05) is 5.92 Å². The second-order valence-corrected chi connectivity index (χ2v) is 6.50. The molecule has 2 rings (SSSR count). The Bertz CT molecular complexity index is 682. The molecule has 0 aliphatic rings. The molecule has 1 heterocycles. The van der Waals surface area contributed by atoms with Crippen molar-refractivity contribution in [3.8, 4) is 11.6 Å². The molecule has 0 unspecified atom stereocenters. The summed E-state index contributed by atoms with van der Waals surface area (Å²) >= 11 is 0. The predicted octanol–water partition coefficient (Wildman–Crippen LogP) is 3.98. The molecule has 4 nitrogen and oxygen atoms in total. The van der Waals surface area contributed by atoms with E-state index >= 15 is 0 Å². The Balaban J connectivity index is 2.32. The van der Waals surface area contributed by atoms with E-state index in [1.54, 1.807) is 0 Å². The second kappa shape index (κ2) is 5.72. The summed E-state index contributed by atoms with van der Waals surface area (Å²) in [6.45, 7) is 10.4. The van der Waals surface area contributed by atoms with Gasteiger partial charge in [-0.25, -0.2) is 0 Å². The molecule has 0 saturated carbocycles. The van der Waals surface area contributed by atoms with Crippen molar-refractivity contribution < 1.29 is 4.74 Å². The lowest BCUT2D eigenvalue weighted by atomic mass is 9.87. The van der Waals surface area contributed by atoms with Gasteiger partial charge in [0.25, 0.3) is 5.56 Å². The third-order valence-corrected chi connectivity index (χ3v) is 3.21. The van der Waals surface area contributed by atoms with E-state index in [0.29, 0.717) is 17.5 Å². The van der Waals surface area contributed by atoms with Crippen LogP contribution in [0.2, 0.25) is 0 Å². The minimum Gasteiger partial charge on any atom is -0.439 e. The number of rotatable bonds is 3. The van der Waals surface area contributed by atoms with Crippen LogP contribution in [0, 0.1) is 0 Å². The number of nitrogens with zero attached hydrogens (tertiary/aromatic N) is 1. The van der Waals surface area contributed by atoms with Crippen LogP contribution in [-0.2, 0) is 5.41 Å². The van der Waals surface area contributed by atoms with Crippen molar-refractivity contribution >= 4 is 0 Å². The van der Waals surface area contributed by atoms with Crippen LogP contribution in [-0.4, -0.2) is 9.97 Å². The number of nitrogens with one attached hydrogen (secondary N) is 1. The molecular formula is C17H22N2O2. The summed E-state index contributed by atoms with van der Waals surface area (Å²) in [6, 6.07) is 9.24. The first-order chi connectivity index (χ1) is 9.75. The van der Waals surface area contributed by atoms with Crippen molar-refractivity contribution in [2.45, 2.75) is 46.0 Å². The maximum Gasteiger partial charge on any atom is 0.254 e. The van der Waals surface area contributed by atoms with Crippen molar-refractivity contribution in [3.63, 3.8) is 0 Å². The van der Waals surface area contributed by atoms with Crippen molar-refractivity contribution in [2.24, 2.45) is 0 Å². The van der Waals surface area contributed by atoms with Crippen LogP contribution < -0.4 is 10.3 Å². The molecule has 0 spiro atoms. The molecule has 21 heavy (non-hydrogen) atoms. The summed E-state index contributed by atoms with van der Waals surface area (Å²) in [5.74, 6) is 1.79. The fourth-order valence-corrected chi connectivity index (χ4v) is 1.93. The molecule has 0 radical (unpaired) electrons. The normalized spacial score (nSPS) is 11.7. The summed E-state index contributed by atoms with van der Waals surface area (Å²) in [6.07, 6.45) is 0. The highest BCUT2D eigenvalue weighted by Gasteiger charge is 2.14. The molecule has 0 bridgehead atoms. The molecule has 0 fully saturated rings. The molecule has 4 heteroatoms. The predicted molar refractivity (Wildman–Crippen MR) is 84.2 cm³/mol. The van der Waals surface area contributed by atoms with Crippen molar-refractivity contribution in [1.82, 2.24) is 9.97 Å². The van der Waals surface area contributed by atoms with Gasteiger partial charge >= 0.3 is 0 Å². The first-order valence-electron chi connectivity index (χ1n) is 7.15. The first kappa shape index (κ1) is 15.3. The summed E-state index contributed by atoms with van der Waals surface area (Å²) in [4.78, 5) is 18.7. The average Bonchev–Trinajstić information content (AvgIpc) is 2.37. The standard InChI is InChI=1S/C17H22N2O2/c1-11(2)16-18-14(20)10-15(19-16)21-13-8-6-7-12(9-13)17(3,4)5/h6-11H,1-5H3,(H,18,19,20). The van der Waals surface area contributed by atoms with E-state index in [4.69, 9.17) is 4.74 Å². The van der Waals surface area contributed by atoms with Crippen LogP contribution in [0.15, 0.2) is 35.1 Å². The van der Waals surface area contributed by atoms with E-state index in [0.717, 1.165) is 0 Å². The molecule has 0 aliphatic heterocycles. The van der Waals surface area contributed by atoms with Gasteiger partial charge in [-0.2, -0.15) is 4.98 Å². The van der Waals surface area contributed by atoms with E-state index < -0.39 is 0 Å². The lowest BCUT2D eigenvalue weighted by Crippen LogP contribution is -2.12. The van der Waals surface area contributed by atoms with Gasteiger partial charge in [0.1, 0.15) is 11.6 Å². The van der Waals surface area contributed by atoms with Crippen LogP contribution in [0.5, 0.6) is 11.6 Å². The highest BCUT2D eigenvalue weighted by molar-refractivity contribution is 5.34. The zero-order valence-corrected chi connectivity index (χ0v) is 13.2. The quantitative estimate of drug-likeness (QED) is 0.928. The number of H-pyrrole nitrogens is 1. The zero-order valence-electron chi connectivity index (χ0n) is 13.2. The van der Waals surface area contributed by atoms with Crippen LogP contribution in [0.3, 0.4) is 0 Å². The van der Waals surface area contributed by atoms with Crippen molar-refractivity contribution in [1.29, 1.82) is 0 Å². The van der Waals surface area contributed by atoms with E-state index in [9.17, 15) is 4.79 Å². The Morgan fingerprint density at radius 2 is 1.90 bits per heavy atom. The largest absolute Gasteiger partial charge is 0.439 e. The molecule has 112 valence electrons. The minimum atomic E-state index is -0.198. The summed E-state index contributed by atoms with van der Waals surface area (Å²) in [5.41, 5.74) is 1.02. The highest BCUT2D eigenvalue weighted by atomic mass is 16.5. The second-order valence-electron chi connectivity index (χ2n) is 6.50. The van der Waals surface area contributed by atoms with Gasteiger partial charge in [0.05, 0.1) is 6.07 Å². The fraction of sp³-hybridized carbons (Fsp3) is 0.412. The number of benzene rings is 1. The molecule has 0 atom stereocenters. The Labute approximate surface area is 125 Å². The number of hydrogen-bond acceptors (Lipinski definition) is 3. The monoisotopic (exact) mass is 286 g/mol. The molecule has 1 aromatic heterocycles. The number of aromatic nitrogens is 2. The molecule has 0 saturated heterocycles. The van der Waals surface area contributed by atoms with Crippen LogP contribution >= 0.6 is 0 Å². The van der Waals surface area contributed by atoms with Gasteiger partial charge in [0.2, 0.25) is 5.88 Å². The van der Waals surface area contributed by atoms with Gasteiger partial charge in [-0.05, 0) is 23.1 Å². The molecule has 1 aromatic carbocycles. The maximum absolute atomic E-state index is 11.7. The number of hydrogen-bond donors (Lipinski definition) is 1. The smallest absolute Gasteiger partial charge is 0.254 e. The number of aromatic amines is 1. The van der Waals surface area contributed by atoms with E-state index in [2.05, 4.69) is 36.8 Å². The van der Waals surface area contributed by atoms with Crippen molar-refractivity contribution in [3.05, 3.63) is 52.1 Å². The zero-order chi connectivity index (χ0) is 15.6.